The van der Waals surface area contributed by atoms with Gasteiger partial charge in [0.2, 0.25) is 5.88 Å². The molecule has 0 saturated carbocycles. The van der Waals surface area contributed by atoms with Gasteiger partial charge in [-0.3, -0.25) is 0 Å². The number of hydrogen-bond acceptors (Lipinski definition) is 5. The zero-order valence-corrected chi connectivity index (χ0v) is 16.7. The molecule has 6 nitrogen and oxygen atoms in total. The van der Waals surface area contributed by atoms with E-state index in [2.05, 4.69) is 46.8 Å². The summed E-state index contributed by atoms with van der Waals surface area (Å²) in [6.45, 7) is 4.13. The molecule has 0 aliphatic heterocycles. The average molecular weight is 390 g/mol. The number of aryl methyl sites for hydroxylation is 1. The van der Waals surface area contributed by atoms with Crippen LogP contribution in [0.25, 0.3) is 0 Å². The fraction of sp³-hybridized carbons (Fsp3) is 0.400. The van der Waals surface area contributed by atoms with Gasteiger partial charge in [0.15, 0.2) is 0 Å². The number of carbonyl (C=O) groups is 1. The minimum absolute atomic E-state index is 0.175. The summed E-state index contributed by atoms with van der Waals surface area (Å²) in [7, 11) is 1.62. The first-order valence-electron chi connectivity index (χ1n) is 8.89. The molecule has 1 heterocycles. The number of urea groups is 1. The Balaban J connectivity index is 1.55. The Morgan fingerprint density at radius 3 is 2.56 bits per heavy atom. The zero-order chi connectivity index (χ0) is 19.3. The number of thioether (sulfide) groups is 1. The van der Waals surface area contributed by atoms with Gasteiger partial charge in [0.25, 0.3) is 0 Å². The maximum absolute atomic E-state index is 11.8. The fourth-order valence-electron chi connectivity index (χ4n) is 2.19. The molecule has 2 amide bonds. The van der Waals surface area contributed by atoms with E-state index in [1.807, 2.05) is 6.07 Å². The number of ether oxygens (including phenoxy) is 2. The Morgan fingerprint density at radius 2 is 1.85 bits per heavy atom. The van der Waals surface area contributed by atoms with Crippen molar-refractivity contribution in [3.63, 3.8) is 0 Å². The highest BCUT2D eigenvalue weighted by Gasteiger charge is 2.02. The molecule has 27 heavy (non-hydrogen) atoms. The first-order valence-corrected chi connectivity index (χ1v) is 10.0. The number of pyridine rings is 1. The molecule has 0 aliphatic rings. The van der Waals surface area contributed by atoms with Gasteiger partial charge in [-0.2, -0.15) is 11.8 Å². The second-order valence-electron chi connectivity index (χ2n) is 5.99. The van der Waals surface area contributed by atoms with Gasteiger partial charge in [-0.05, 0) is 18.1 Å². The van der Waals surface area contributed by atoms with Crippen molar-refractivity contribution in [1.82, 2.24) is 15.6 Å². The van der Waals surface area contributed by atoms with Crippen LogP contribution in [0.15, 0.2) is 42.6 Å². The minimum atomic E-state index is -0.175. The number of methoxy groups -OCH3 is 1. The standard InChI is InChI=1S/C20H27N3O3S/c1-16-3-5-17(6-4-16)15-27-12-9-21-20(24)23-14-18-7-8-19(22-13-18)26-11-10-25-2/h3-8,13H,9-12,14-15H2,1-2H3,(H2,21,23,24). The van der Waals surface area contributed by atoms with Crippen LogP contribution in [0.4, 0.5) is 4.79 Å². The first kappa shape index (κ1) is 21.1. The molecule has 7 heteroatoms. The highest BCUT2D eigenvalue weighted by Crippen LogP contribution is 2.12. The summed E-state index contributed by atoms with van der Waals surface area (Å²) < 4.78 is 10.3. The van der Waals surface area contributed by atoms with Gasteiger partial charge >= 0.3 is 6.03 Å². The number of nitrogens with zero attached hydrogens (tertiary/aromatic N) is 1. The molecular weight excluding hydrogens is 362 g/mol. The Hall–Kier alpha value is -2.25. The van der Waals surface area contributed by atoms with E-state index in [1.165, 1.54) is 11.1 Å². The van der Waals surface area contributed by atoms with Crippen LogP contribution in [-0.2, 0) is 17.0 Å². The largest absolute Gasteiger partial charge is 0.475 e. The third kappa shape index (κ3) is 8.79. The van der Waals surface area contributed by atoms with E-state index in [4.69, 9.17) is 9.47 Å². The van der Waals surface area contributed by atoms with E-state index in [0.717, 1.165) is 17.1 Å². The molecule has 0 spiro atoms. The molecule has 2 rings (SSSR count). The third-order valence-electron chi connectivity index (χ3n) is 3.71. The number of amides is 2. The molecule has 0 radical (unpaired) electrons. The second-order valence-corrected chi connectivity index (χ2v) is 7.10. The summed E-state index contributed by atoms with van der Waals surface area (Å²) >= 11 is 1.80. The lowest BCUT2D eigenvalue weighted by atomic mass is 10.2. The quantitative estimate of drug-likeness (QED) is 0.578. The SMILES string of the molecule is COCCOc1ccc(CNC(=O)NCCSCc2ccc(C)cc2)cn1. The van der Waals surface area contributed by atoms with Crippen LogP contribution in [0, 0.1) is 6.92 Å². The van der Waals surface area contributed by atoms with Crippen LogP contribution in [-0.4, -0.2) is 43.6 Å². The summed E-state index contributed by atoms with van der Waals surface area (Å²) in [5.41, 5.74) is 3.49. The molecule has 2 aromatic rings. The molecule has 1 aromatic heterocycles. The minimum Gasteiger partial charge on any atom is -0.475 e. The monoisotopic (exact) mass is 389 g/mol. The van der Waals surface area contributed by atoms with E-state index in [0.29, 0.717) is 32.2 Å². The van der Waals surface area contributed by atoms with Crippen LogP contribution < -0.4 is 15.4 Å². The number of nitrogens with one attached hydrogen (secondary N) is 2. The summed E-state index contributed by atoms with van der Waals surface area (Å²) in [4.78, 5) is 16.0. The highest BCUT2D eigenvalue weighted by molar-refractivity contribution is 7.98. The molecule has 0 saturated heterocycles. The van der Waals surface area contributed by atoms with Gasteiger partial charge in [0.1, 0.15) is 6.61 Å². The van der Waals surface area contributed by atoms with Crippen molar-refractivity contribution in [3.05, 3.63) is 59.3 Å². The molecule has 146 valence electrons. The Bertz CT molecular complexity index is 678. The summed E-state index contributed by atoms with van der Waals surface area (Å²) in [6.07, 6.45) is 1.69. The predicted octanol–water partition coefficient (Wildman–Crippen LogP) is 3.15. The lowest BCUT2D eigenvalue weighted by Gasteiger charge is -2.08. The molecule has 0 fully saturated rings. The van der Waals surface area contributed by atoms with Gasteiger partial charge in [-0.15, -0.1) is 0 Å². The van der Waals surface area contributed by atoms with Gasteiger partial charge < -0.3 is 20.1 Å². The van der Waals surface area contributed by atoms with E-state index < -0.39 is 0 Å². The maximum atomic E-state index is 11.8. The lowest BCUT2D eigenvalue weighted by Crippen LogP contribution is -2.36. The highest BCUT2D eigenvalue weighted by atomic mass is 32.2. The molecule has 0 bridgehead atoms. The number of hydrogen-bond donors (Lipinski definition) is 2. The van der Waals surface area contributed by atoms with Crippen molar-refractivity contribution >= 4 is 17.8 Å². The van der Waals surface area contributed by atoms with Gasteiger partial charge in [-0.1, -0.05) is 35.9 Å². The summed E-state index contributed by atoms with van der Waals surface area (Å²) in [6, 6.07) is 12.0. The van der Waals surface area contributed by atoms with E-state index in [1.54, 1.807) is 31.1 Å². The van der Waals surface area contributed by atoms with Crippen LogP contribution >= 0.6 is 11.8 Å². The van der Waals surface area contributed by atoms with Crippen LogP contribution in [0.2, 0.25) is 0 Å². The van der Waals surface area contributed by atoms with Crippen molar-refractivity contribution in [1.29, 1.82) is 0 Å². The van der Waals surface area contributed by atoms with Crippen molar-refractivity contribution in [2.24, 2.45) is 0 Å². The first-order chi connectivity index (χ1) is 13.2. The van der Waals surface area contributed by atoms with Gasteiger partial charge in [0, 0.05) is 44.0 Å². The number of carbonyl (C=O) groups excluding carboxylic acids is 1. The van der Waals surface area contributed by atoms with Crippen LogP contribution in [0.3, 0.4) is 0 Å². The zero-order valence-electron chi connectivity index (χ0n) is 15.9. The van der Waals surface area contributed by atoms with Crippen LogP contribution in [0.5, 0.6) is 5.88 Å². The van der Waals surface area contributed by atoms with Crippen molar-refractivity contribution in [2.75, 3.05) is 32.6 Å². The number of benzene rings is 1. The summed E-state index contributed by atoms with van der Waals surface area (Å²) in [5.74, 6) is 2.37. The van der Waals surface area contributed by atoms with Crippen molar-refractivity contribution in [3.8, 4) is 5.88 Å². The lowest BCUT2D eigenvalue weighted by molar-refractivity contribution is 0.143. The summed E-state index contributed by atoms with van der Waals surface area (Å²) in [5, 5.41) is 5.69. The van der Waals surface area contributed by atoms with Crippen molar-refractivity contribution < 1.29 is 14.3 Å². The topological polar surface area (TPSA) is 72.5 Å². The third-order valence-corrected chi connectivity index (χ3v) is 4.74. The molecule has 1 aromatic carbocycles. The predicted molar refractivity (Wildman–Crippen MR) is 109 cm³/mol. The van der Waals surface area contributed by atoms with E-state index >= 15 is 0 Å². The molecule has 0 unspecified atom stereocenters. The van der Waals surface area contributed by atoms with Gasteiger partial charge in [0.05, 0.1) is 6.61 Å². The van der Waals surface area contributed by atoms with E-state index in [-0.39, 0.29) is 6.03 Å². The average Bonchev–Trinajstić information content (AvgIpc) is 2.69. The number of aromatic nitrogens is 1. The smallest absolute Gasteiger partial charge is 0.315 e. The van der Waals surface area contributed by atoms with Gasteiger partial charge in [-0.25, -0.2) is 9.78 Å². The maximum Gasteiger partial charge on any atom is 0.315 e. The molecule has 0 atom stereocenters. The normalized spacial score (nSPS) is 10.4. The molecule has 0 aliphatic carbocycles. The van der Waals surface area contributed by atoms with Crippen LogP contribution in [0.1, 0.15) is 16.7 Å². The molecular formula is C20H27N3O3S. The Labute approximate surface area is 165 Å². The molecule has 2 N–H and O–H groups in total. The fourth-order valence-corrected chi connectivity index (χ4v) is 3.01. The van der Waals surface area contributed by atoms with Crippen molar-refractivity contribution in [2.45, 2.75) is 19.2 Å². The second kappa shape index (κ2) is 12.2. The Morgan fingerprint density at radius 1 is 1.07 bits per heavy atom. The Kier molecular flexibility index (Phi) is 9.51. The number of rotatable bonds is 11. The van der Waals surface area contributed by atoms with E-state index in [9.17, 15) is 4.79 Å².